The Bertz CT molecular complexity index is 716. The van der Waals surface area contributed by atoms with Crippen LogP contribution in [0.1, 0.15) is 36.7 Å². The van der Waals surface area contributed by atoms with Gasteiger partial charge in [-0.15, -0.1) is 0 Å². The number of piperidine rings is 1. The fourth-order valence-corrected chi connectivity index (χ4v) is 3.44. The van der Waals surface area contributed by atoms with Crippen molar-refractivity contribution in [1.82, 2.24) is 15.4 Å². The molecule has 6 heteroatoms. The number of hydrogen-bond donors (Lipinski definition) is 1. The lowest BCUT2D eigenvalue weighted by molar-refractivity contribution is 0.0941. The van der Waals surface area contributed by atoms with Gasteiger partial charge in [-0.3, -0.25) is 4.79 Å². The van der Waals surface area contributed by atoms with Gasteiger partial charge < -0.3 is 14.7 Å². The van der Waals surface area contributed by atoms with Gasteiger partial charge in [0, 0.05) is 29.7 Å². The van der Waals surface area contributed by atoms with Gasteiger partial charge in [0.15, 0.2) is 11.5 Å². The second-order valence-electron chi connectivity index (χ2n) is 6.74. The molecular weight excluding hydrogens is 338 g/mol. The van der Waals surface area contributed by atoms with E-state index >= 15 is 0 Å². The fraction of sp³-hybridized carbons (Fsp3) is 0.474. The van der Waals surface area contributed by atoms with Crippen molar-refractivity contribution in [1.29, 1.82) is 0 Å². The summed E-state index contributed by atoms with van der Waals surface area (Å²) >= 11 is 5.98. The van der Waals surface area contributed by atoms with Crippen molar-refractivity contribution < 1.29 is 9.32 Å². The van der Waals surface area contributed by atoms with Gasteiger partial charge in [0.05, 0.1) is 0 Å². The van der Waals surface area contributed by atoms with Crippen LogP contribution in [0.5, 0.6) is 0 Å². The van der Waals surface area contributed by atoms with Crippen LogP contribution in [0.15, 0.2) is 34.9 Å². The Balaban J connectivity index is 1.46. The number of nitrogens with one attached hydrogen (secondary N) is 1. The molecule has 3 rings (SSSR count). The molecule has 0 bridgehead atoms. The Morgan fingerprint density at radius 3 is 3.12 bits per heavy atom. The molecule has 0 aliphatic carbocycles. The molecule has 0 radical (unpaired) electrons. The normalized spacial score (nSPS) is 18.2. The Labute approximate surface area is 153 Å². The number of aromatic nitrogens is 1. The summed E-state index contributed by atoms with van der Waals surface area (Å²) in [6.07, 6.45) is 3.55. The van der Waals surface area contributed by atoms with E-state index in [9.17, 15) is 4.79 Å². The summed E-state index contributed by atoms with van der Waals surface area (Å²) in [7, 11) is 0. The molecule has 2 aromatic rings. The van der Waals surface area contributed by atoms with Crippen molar-refractivity contribution in [3.05, 3.63) is 41.0 Å². The van der Waals surface area contributed by atoms with Gasteiger partial charge in [0.1, 0.15) is 0 Å². The fourth-order valence-electron chi connectivity index (χ4n) is 3.24. The highest BCUT2D eigenvalue weighted by atomic mass is 35.5. The number of carbonyl (C=O) groups is 1. The lowest BCUT2D eigenvalue weighted by Gasteiger charge is -2.30. The molecule has 0 saturated carbocycles. The van der Waals surface area contributed by atoms with Crippen molar-refractivity contribution in [3.63, 3.8) is 0 Å². The predicted molar refractivity (Wildman–Crippen MR) is 98.7 cm³/mol. The highest BCUT2D eigenvalue weighted by molar-refractivity contribution is 6.30. The highest BCUT2D eigenvalue weighted by Crippen LogP contribution is 2.23. The first-order valence-corrected chi connectivity index (χ1v) is 9.23. The molecule has 1 aromatic carbocycles. The number of rotatable bonds is 6. The van der Waals surface area contributed by atoms with Crippen LogP contribution in [0.4, 0.5) is 0 Å². The lowest BCUT2D eigenvalue weighted by atomic mass is 10.0. The van der Waals surface area contributed by atoms with E-state index in [2.05, 4.69) is 22.3 Å². The number of benzene rings is 1. The third-order valence-corrected chi connectivity index (χ3v) is 4.76. The molecule has 1 atom stereocenters. The van der Waals surface area contributed by atoms with Gasteiger partial charge in [-0.2, -0.15) is 0 Å². The van der Waals surface area contributed by atoms with Crippen molar-refractivity contribution in [2.75, 3.05) is 26.2 Å². The lowest BCUT2D eigenvalue weighted by Crippen LogP contribution is -2.36. The zero-order valence-corrected chi connectivity index (χ0v) is 15.3. The smallest absolute Gasteiger partial charge is 0.273 e. The number of carbonyl (C=O) groups excluding carboxylic acids is 1. The number of nitrogens with zero attached hydrogens (tertiary/aromatic N) is 2. The Kier molecular flexibility index (Phi) is 6.10. The highest BCUT2D eigenvalue weighted by Gasteiger charge is 2.16. The SMILES string of the molecule is CC1CCCN(CCCNC(=O)c2cc(-c3cccc(Cl)c3)on2)C1. The first kappa shape index (κ1) is 18.0. The van der Waals surface area contributed by atoms with Crippen LogP contribution in [-0.2, 0) is 0 Å². The van der Waals surface area contributed by atoms with E-state index in [1.54, 1.807) is 18.2 Å². The molecule has 1 aliphatic rings. The van der Waals surface area contributed by atoms with Gasteiger partial charge in [-0.1, -0.05) is 35.8 Å². The molecule has 1 amide bonds. The second kappa shape index (κ2) is 8.50. The third-order valence-electron chi connectivity index (χ3n) is 4.53. The summed E-state index contributed by atoms with van der Waals surface area (Å²) in [6.45, 7) is 6.31. The van der Waals surface area contributed by atoms with Crippen molar-refractivity contribution in [2.45, 2.75) is 26.2 Å². The van der Waals surface area contributed by atoms with E-state index in [4.69, 9.17) is 16.1 Å². The molecule has 0 spiro atoms. The molecule has 1 aliphatic heterocycles. The summed E-state index contributed by atoms with van der Waals surface area (Å²) in [4.78, 5) is 14.7. The Morgan fingerprint density at radius 1 is 1.44 bits per heavy atom. The quantitative estimate of drug-likeness (QED) is 0.794. The standard InChI is InChI=1S/C19H24ClN3O2/c1-14-5-3-9-23(13-14)10-4-8-21-19(24)17-12-18(25-22-17)15-6-2-7-16(20)11-15/h2,6-7,11-12,14H,3-5,8-10,13H2,1H3,(H,21,24). The molecular formula is C19H24ClN3O2. The zero-order valence-electron chi connectivity index (χ0n) is 14.5. The second-order valence-corrected chi connectivity index (χ2v) is 7.18. The van der Waals surface area contributed by atoms with Gasteiger partial charge >= 0.3 is 0 Å². The monoisotopic (exact) mass is 361 g/mol. The predicted octanol–water partition coefficient (Wildman–Crippen LogP) is 3.85. The molecule has 1 fully saturated rings. The summed E-state index contributed by atoms with van der Waals surface area (Å²) in [5.41, 5.74) is 1.10. The van der Waals surface area contributed by atoms with Crippen molar-refractivity contribution in [2.24, 2.45) is 5.92 Å². The van der Waals surface area contributed by atoms with Crippen LogP contribution in [-0.4, -0.2) is 42.1 Å². The maximum Gasteiger partial charge on any atom is 0.273 e. The average Bonchev–Trinajstić information content (AvgIpc) is 3.09. The minimum absolute atomic E-state index is 0.205. The molecule has 25 heavy (non-hydrogen) atoms. The average molecular weight is 362 g/mol. The molecule has 1 unspecified atom stereocenters. The van der Waals surface area contributed by atoms with E-state index in [-0.39, 0.29) is 5.91 Å². The number of halogens is 1. The van der Waals surface area contributed by atoms with Crippen LogP contribution in [0.3, 0.4) is 0 Å². The Hall–Kier alpha value is -1.85. The number of hydrogen-bond acceptors (Lipinski definition) is 4. The van der Waals surface area contributed by atoms with Crippen LogP contribution in [0.2, 0.25) is 5.02 Å². The van der Waals surface area contributed by atoms with E-state index < -0.39 is 0 Å². The van der Waals surface area contributed by atoms with Gasteiger partial charge in [0.25, 0.3) is 5.91 Å². The topological polar surface area (TPSA) is 58.4 Å². The summed E-state index contributed by atoms with van der Waals surface area (Å²) in [6, 6.07) is 8.92. The van der Waals surface area contributed by atoms with Crippen LogP contribution in [0, 0.1) is 5.92 Å². The molecule has 1 aromatic heterocycles. The van der Waals surface area contributed by atoms with E-state index in [1.807, 2.05) is 12.1 Å². The van der Waals surface area contributed by atoms with Gasteiger partial charge in [-0.05, 0) is 50.4 Å². The maximum absolute atomic E-state index is 12.2. The van der Waals surface area contributed by atoms with Crippen LogP contribution < -0.4 is 5.32 Å². The summed E-state index contributed by atoms with van der Waals surface area (Å²) in [5.74, 6) is 1.11. The van der Waals surface area contributed by atoms with E-state index in [0.717, 1.165) is 24.4 Å². The molecule has 1 saturated heterocycles. The van der Waals surface area contributed by atoms with Gasteiger partial charge in [-0.25, -0.2) is 0 Å². The maximum atomic E-state index is 12.2. The van der Waals surface area contributed by atoms with Crippen molar-refractivity contribution in [3.8, 4) is 11.3 Å². The zero-order chi connectivity index (χ0) is 17.6. The van der Waals surface area contributed by atoms with Crippen LogP contribution in [0.25, 0.3) is 11.3 Å². The minimum Gasteiger partial charge on any atom is -0.355 e. The summed E-state index contributed by atoms with van der Waals surface area (Å²) < 4.78 is 5.26. The Morgan fingerprint density at radius 2 is 2.32 bits per heavy atom. The molecule has 5 nitrogen and oxygen atoms in total. The largest absolute Gasteiger partial charge is 0.355 e. The molecule has 1 N–H and O–H groups in total. The van der Waals surface area contributed by atoms with E-state index in [1.165, 1.54) is 25.9 Å². The minimum atomic E-state index is -0.205. The van der Waals surface area contributed by atoms with E-state index in [0.29, 0.717) is 23.0 Å². The third kappa shape index (κ3) is 5.06. The first-order valence-electron chi connectivity index (χ1n) is 8.85. The first-order chi connectivity index (χ1) is 12.1. The molecule has 134 valence electrons. The van der Waals surface area contributed by atoms with Crippen molar-refractivity contribution >= 4 is 17.5 Å². The summed E-state index contributed by atoms with van der Waals surface area (Å²) in [5, 5.41) is 7.39. The van der Waals surface area contributed by atoms with Gasteiger partial charge in [0.2, 0.25) is 0 Å². The number of amides is 1. The van der Waals surface area contributed by atoms with Crippen LogP contribution >= 0.6 is 11.6 Å². The number of likely N-dealkylation sites (tertiary alicyclic amines) is 1. The molecule has 2 heterocycles.